The van der Waals surface area contributed by atoms with Crippen LogP contribution >= 0.6 is 0 Å². The number of aliphatic hydroxyl groups is 1. The minimum Gasteiger partial charge on any atom is -0.390 e. The van der Waals surface area contributed by atoms with E-state index < -0.39 is 6.10 Å². The van der Waals surface area contributed by atoms with Crippen molar-refractivity contribution >= 4 is 11.0 Å². The molecule has 1 aromatic carbocycles. The quantitative estimate of drug-likeness (QED) is 0.849. The zero-order valence-electron chi connectivity index (χ0n) is 14.7. The predicted octanol–water partition coefficient (Wildman–Crippen LogP) is 2.55. The van der Waals surface area contributed by atoms with Crippen LogP contribution in [0, 0.1) is 0 Å². The third-order valence-electron chi connectivity index (χ3n) is 5.28. The van der Waals surface area contributed by atoms with Crippen LogP contribution in [-0.4, -0.2) is 58.5 Å². The first-order valence-corrected chi connectivity index (χ1v) is 9.39. The van der Waals surface area contributed by atoms with Crippen molar-refractivity contribution in [3.63, 3.8) is 0 Å². The molecule has 1 N–H and O–H groups in total. The lowest BCUT2D eigenvalue weighted by Crippen LogP contribution is -2.42. The van der Waals surface area contributed by atoms with E-state index >= 15 is 0 Å². The van der Waals surface area contributed by atoms with Crippen LogP contribution in [0.5, 0.6) is 0 Å². The molecule has 2 atom stereocenters. The highest BCUT2D eigenvalue weighted by molar-refractivity contribution is 5.76. The predicted molar refractivity (Wildman–Crippen MR) is 98.7 cm³/mol. The van der Waals surface area contributed by atoms with Crippen molar-refractivity contribution in [3.8, 4) is 0 Å². The number of ether oxygens (including phenoxy) is 1. The fourth-order valence-electron chi connectivity index (χ4n) is 3.98. The Morgan fingerprint density at radius 1 is 1.16 bits per heavy atom. The fraction of sp³-hybridized carbons (Fsp3) is 0.550. The van der Waals surface area contributed by atoms with E-state index in [9.17, 15) is 5.11 Å². The Hall–Kier alpha value is -1.69. The lowest BCUT2D eigenvalue weighted by Gasteiger charge is -2.29. The molecule has 1 fully saturated rings. The van der Waals surface area contributed by atoms with Crippen LogP contribution in [0.2, 0.25) is 0 Å². The second-order valence-corrected chi connectivity index (χ2v) is 7.12. The zero-order valence-corrected chi connectivity index (χ0v) is 14.7. The monoisotopic (exact) mass is 341 g/mol. The zero-order chi connectivity index (χ0) is 17.1. The summed E-state index contributed by atoms with van der Waals surface area (Å²) in [6, 6.07) is 8.28. The van der Waals surface area contributed by atoms with Gasteiger partial charge in [-0.25, -0.2) is 4.98 Å². The molecule has 134 valence electrons. The first-order chi connectivity index (χ1) is 12.3. The number of rotatable bonds is 5. The molecule has 25 heavy (non-hydrogen) atoms. The van der Waals surface area contributed by atoms with Gasteiger partial charge in [-0.2, -0.15) is 0 Å². The first-order valence-electron chi connectivity index (χ1n) is 9.39. The summed E-state index contributed by atoms with van der Waals surface area (Å²) in [5.74, 6) is 1.58. The van der Waals surface area contributed by atoms with Gasteiger partial charge in [0.1, 0.15) is 5.82 Å². The van der Waals surface area contributed by atoms with E-state index in [-0.39, 0.29) is 0 Å². The van der Waals surface area contributed by atoms with Crippen molar-refractivity contribution in [2.45, 2.75) is 37.8 Å². The number of aliphatic hydroxyl groups excluding tert-OH is 1. The molecule has 0 amide bonds. The van der Waals surface area contributed by atoms with Crippen LogP contribution in [0.4, 0.5) is 0 Å². The number of para-hydroxylation sites is 2. The van der Waals surface area contributed by atoms with Crippen LogP contribution in [0.3, 0.4) is 0 Å². The fourth-order valence-corrected chi connectivity index (χ4v) is 3.98. The number of imidazole rings is 1. The number of benzene rings is 1. The summed E-state index contributed by atoms with van der Waals surface area (Å²) in [5, 5.41) is 10.7. The van der Waals surface area contributed by atoms with Crippen molar-refractivity contribution in [2.24, 2.45) is 0 Å². The van der Waals surface area contributed by atoms with E-state index in [1.165, 1.54) is 0 Å². The second kappa shape index (κ2) is 7.68. The minimum absolute atomic E-state index is 0.395. The maximum Gasteiger partial charge on any atom is 0.113 e. The number of hydrogen-bond acceptors (Lipinski definition) is 4. The van der Waals surface area contributed by atoms with Gasteiger partial charge in [-0.1, -0.05) is 24.3 Å². The number of morpholine rings is 1. The molecule has 5 heteroatoms. The molecule has 0 spiro atoms. The molecule has 1 aliphatic carbocycles. The van der Waals surface area contributed by atoms with E-state index in [0.29, 0.717) is 19.0 Å². The number of fused-ring (bicyclic) bond motifs is 1. The van der Waals surface area contributed by atoms with Crippen molar-refractivity contribution in [1.82, 2.24) is 14.5 Å². The molecule has 0 radical (unpaired) electrons. The molecule has 2 aliphatic rings. The van der Waals surface area contributed by atoms with Gasteiger partial charge in [0.05, 0.1) is 36.9 Å². The average molecular weight is 341 g/mol. The van der Waals surface area contributed by atoms with Crippen LogP contribution in [0.25, 0.3) is 11.0 Å². The van der Waals surface area contributed by atoms with Crippen LogP contribution in [0.15, 0.2) is 36.4 Å². The maximum atomic E-state index is 10.7. The molecule has 5 nitrogen and oxygen atoms in total. The van der Waals surface area contributed by atoms with Crippen LogP contribution < -0.4 is 0 Å². The molecule has 1 aliphatic heterocycles. The van der Waals surface area contributed by atoms with Crippen molar-refractivity contribution in [3.05, 3.63) is 42.2 Å². The number of nitrogens with zero attached hydrogens (tertiary/aromatic N) is 3. The lowest BCUT2D eigenvalue weighted by molar-refractivity contribution is 0.0115. The first kappa shape index (κ1) is 16.8. The van der Waals surface area contributed by atoms with Gasteiger partial charge in [-0.3, -0.25) is 4.90 Å². The van der Waals surface area contributed by atoms with Crippen LogP contribution in [0.1, 0.15) is 31.0 Å². The summed E-state index contributed by atoms with van der Waals surface area (Å²) in [6.45, 7) is 4.64. The summed E-state index contributed by atoms with van der Waals surface area (Å²) >= 11 is 0. The molecular formula is C20H27N3O2. The van der Waals surface area contributed by atoms with Gasteiger partial charge in [0.15, 0.2) is 0 Å². The normalized spacial score (nSPS) is 23.2. The molecule has 4 rings (SSSR count). The number of hydrogen-bond donors (Lipinski definition) is 1. The third kappa shape index (κ3) is 3.78. The van der Waals surface area contributed by atoms with Gasteiger partial charge in [0, 0.05) is 25.6 Å². The smallest absolute Gasteiger partial charge is 0.113 e. The second-order valence-electron chi connectivity index (χ2n) is 7.12. The Morgan fingerprint density at radius 2 is 2.00 bits per heavy atom. The largest absolute Gasteiger partial charge is 0.390 e. The molecular weight excluding hydrogens is 314 g/mol. The molecule has 2 unspecified atom stereocenters. The highest BCUT2D eigenvalue weighted by Gasteiger charge is 2.23. The summed E-state index contributed by atoms with van der Waals surface area (Å²) in [5.41, 5.74) is 2.17. The van der Waals surface area contributed by atoms with Gasteiger partial charge < -0.3 is 14.4 Å². The van der Waals surface area contributed by atoms with Crippen molar-refractivity contribution < 1.29 is 9.84 Å². The molecule has 1 aromatic heterocycles. The van der Waals surface area contributed by atoms with E-state index in [1.54, 1.807) is 0 Å². The maximum absolute atomic E-state index is 10.7. The summed E-state index contributed by atoms with van der Waals surface area (Å²) in [6.07, 6.45) is 7.43. The number of aromatic nitrogens is 2. The average Bonchev–Trinajstić information content (AvgIpc) is 3.02. The Balaban J connectivity index is 1.57. The lowest BCUT2D eigenvalue weighted by atomic mass is 9.93. The van der Waals surface area contributed by atoms with Crippen LogP contribution in [-0.2, 0) is 11.3 Å². The summed E-state index contributed by atoms with van der Waals surface area (Å²) in [4.78, 5) is 7.21. The molecule has 2 heterocycles. The van der Waals surface area contributed by atoms with Gasteiger partial charge in [-0.05, 0) is 31.4 Å². The highest BCUT2D eigenvalue weighted by atomic mass is 16.5. The molecule has 0 bridgehead atoms. The van der Waals surface area contributed by atoms with Gasteiger partial charge in [0.2, 0.25) is 0 Å². The SMILES string of the molecule is OC(CN1CCOCC1)Cn1c(C2CC=CCC2)nc2ccccc21. The Morgan fingerprint density at radius 3 is 2.80 bits per heavy atom. The van der Waals surface area contributed by atoms with E-state index in [1.807, 2.05) is 6.07 Å². The highest BCUT2D eigenvalue weighted by Crippen LogP contribution is 2.31. The Labute approximate surface area is 148 Å². The molecule has 0 saturated carbocycles. The van der Waals surface area contributed by atoms with E-state index in [0.717, 1.165) is 62.4 Å². The Bertz CT molecular complexity index is 734. The van der Waals surface area contributed by atoms with Crippen molar-refractivity contribution in [1.29, 1.82) is 0 Å². The van der Waals surface area contributed by atoms with Gasteiger partial charge in [0.25, 0.3) is 0 Å². The third-order valence-corrected chi connectivity index (χ3v) is 5.28. The van der Waals surface area contributed by atoms with E-state index in [4.69, 9.17) is 9.72 Å². The van der Waals surface area contributed by atoms with Gasteiger partial charge in [-0.15, -0.1) is 0 Å². The summed E-state index contributed by atoms with van der Waals surface area (Å²) in [7, 11) is 0. The molecule has 2 aromatic rings. The van der Waals surface area contributed by atoms with Gasteiger partial charge >= 0.3 is 0 Å². The number of β-amino-alcohol motifs (C(OH)–C–C–N with tert-alkyl or cyclic N) is 1. The van der Waals surface area contributed by atoms with E-state index in [2.05, 4.69) is 39.8 Å². The number of allylic oxidation sites excluding steroid dienone is 2. The summed E-state index contributed by atoms with van der Waals surface area (Å²) < 4.78 is 7.65. The molecule has 1 saturated heterocycles. The van der Waals surface area contributed by atoms with Crippen molar-refractivity contribution in [2.75, 3.05) is 32.8 Å². The standard InChI is InChI=1S/C20H27N3O2/c24-17(14-22-10-12-25-13-11-22)15-23-19-9-5-4-8-18(19)21-20(23)16-6-2-1-3-7-16/h1-2,4-5,8-9,16-17,24H,3,6-7,10-15H2. The Kier molecular flexibility index (Phi) is 5.15. The minimum atomic E-state index is -0.395. The topological polar surface area (TPSA) is 50.5 Å².